The summed E-state index contributed by atoms with van der Waals surface area (Å²) in [6, 6.07) is 7.02. The van der Waals surface area contributed by atoms with Crippen molar-refractivity contribution in [3.63, 3.8) is 0 Å². The fourth-order valence-electron chi connectivity index (χ4n) is 1.97. The van der Waals surface area contributed by atoms with Gasteiger partial charge in [0, 0.05) is 17.1 Å². The minimum Gasteiger partial charge on any atom is -0.334 e. The van der Waals surface area contributed by atoms with Crippen LogP contribution >= 0.6 is 15.9 Å². The van der Waals surface area contributed by atoms with Gasteiger partial charge in [-0.1, -0.05) is 28.1 Å². The SMILES string of the molecule is O=C(NCc1cccc(Br)c1)NC1CCS(=O)(=O)C1. The van der Waals surface area contributed by atoms with Gasteiger partial charge in [0.05, 0.1) is 11.5 Å². The Labute approximate surface area is 120 Å². The first-order chi connectivity index (χ1) is 8.94. The quantitative estimate of drug-likeness (QED) is 0.869. The van der Waals surface area contributed by atoms with Crippen LogP contribution in [0.3, 0.4) is 0 Å². The largest absolute Gasteiger partial charge is 0.334 e. The van der Waals surface area contributed by atoms with E-state index in [1.807, 2.05) is 24.3 Å². The second-order valence-electron chi connectivity index (χ2n) is 4.56. The molecule has 1 aliphatic heterocycles. The number of halogens is 1. The molecule has 1 fully saturated rings. The summed E-state index contributed by atoms with van der Waals surface area (Å²) in [7, 11) is -2.96. The van der Waals surface area contributed by atoms with Crippen LogP contribution in [0.2, 0.25) is 0 Å². The average molecular weight is 347 g/mol. The molecule has 1 atom stereocenters. The summed E-state index contributed by atoms with van der Waals surface area (Å²) in [5.74, 6) is 0.195. The number of carbonyl (C=O) groups excluding carboxylic acids is 1. The summed E-state index contributed by atoms with van der Waals surface area (Å²) in [5.41, 5.74) is 0.976. The van der Waals surface area contributed by atoms with Gasteiger partial charge in [0.1, 0.15) is 0 Å². The summed E-state index contributed by atoms with van der Waals surface area (Å²) in [6.07, 6.45) is 0.493. The van der Waals surface area contributed by atoms with E-state index in [1.54, 1.807) is 0 Å². The highest BCUT2D eigenvalue weighted by Crippen LogP contribution is 2.12. The highest BCUT2D eigenvalue weighted by Gasteiger charge is 2.28. The van der Waals surface area contributed by atoms with E-state index in [2.05, 4.69) is 26.6 Å². The fraction of sp³-hybridized carbons (Fsp3) is 0.417. The summed E-state index contributed by atoms with van der Waals surface area (Å²) in [4.78, 5) is 11.6. The number of nitrogens with one attached hydrogen (secondary N) is 2. The van der Waals surface area contributed by atoms with E-state index in [1.165, 1.54) is 0 Å². The molecule has 1 heterocycles. The molecule has 104 valence electrons. The molecule has 0 aliphatic carbocycles. The monoisotopic (exact) mass is 346 g/mol. The zero-order valence-electron chi connectivity index (χ0n) is 10.2. The molecule has 2 amide bonds. The van der Waals surface area contributed by atoms with Gasteiger partial charge in [0.15, 0.2) is 9.84 Å². The molecular formula is C12H15BrN2O3S. The molecule has 0 spiro atoms. The van der Waals surface area contributed by atoms with Crippen LogP contribution < -0.4 is 10.6 Å². The van der Waals surface area contributed by atoms with Gasteiger partial charge in [-0.2, -0.15) is 0 Å². The maximum Gasteiger partial charge on any atom is 0.315 e. The molecule has 1 saturated heterocycles. The Morgan fingerprint density at radius 3 is 2.84 bits per heavy atom. The summed E-state index contributed by atoms with van der Waals surface area (Å²) < 4.78 is 23.5. The van der Waals surface area contributed by atoms with Crippen molar-refractivity contribution in [1.29, 1.82) is 0 Å². The minimum atomic E-state index is -2.96. The van der Waals surface area contributed by atoms with Crippen LogP contribution in [-0.2, 0) is 16.4 Å². The predicted octanol–water partition coefficient (Wildman–Crippen LogP) is 1.44. The van der Waals surface area contributed by atoms with Gasteiger partial charge in [0.2, 0.25) is 0 Å². The molecule has 7 heteroatoms. The third kappa shape index (κ3) is 4.50. The Balaban J connectivity index is 1.79. The third-order valence-electron chi connectivity index (χ3n) is 2.91. The normalized spacial score (nSPS) is 21.0. The summed E-state index contributed by atoms with van der Waals surface area (Å²) in [5, 5.41) is 5.39. The van der Waals surface area contributed by atoms with Crippen LogP contribution in [0, 0.1) is 0 Å². The first kappa shape index (κ1) is 14.3. The maximum absolute atomic E-state index is 11.6. The van der Waals surface area contributed by atoms with Crippen molar-refractivity contribution in [3.8, 4) is 0 Å². The Hall–Kier alpha value is -1.08. The molecule has 0 radical (unpaired) electrons. The van der Waals surface area contributed by atoms with Crippen molar-refractivity contribution in [3.05, 3.63) is 34.3 Å². The first-order valence-corrected chi connectivity index (χ1v) is 8.55. The lowest BCUT2D eigenvalue weighted by molar-refractivity contribution is 0.237. The standard InChI is InChI=1S/C12H15BrN2O3S/c13-10-3-1-2-9(6-10)7-14-12(16)15-11-4-5-19(17,18)8-11/h1-3,6,11H,4-5,7-8H2,(H2,14,15,16). The van der Waals surface area contributed by atoms with E-state index in [4.69, 9.17) is 0 Å². The maximum atomic E-state index is 11.6. The number of sulfone groups is 1. The molecular weight excluding hydrogens is 332 g/mol. The molecule has 2 N–H and O–H groups in total. The number of carbonyl (C=O) groups is 1. The van der Waals surface area contributed by atoms with Crippen molar-refractivity contribution in [2.24, 2.45) is 0 Å². The van der Waals surface area contributed by atoms with Crippen LogP contribution in [0.5, 0.6) is 0 Å². The topological polar surface area (TPSA) is 75.3 Å². The predicted molar refractivity (Wildman–Crippen MR) is 76.6 cm³/mol. The molecule has 2 rings (SSSR count). The van der Waals surface area contributed by atoms with Crippen molar-refractivity contribution < 1.29 is 13.2 Å². The zero-order valence-corrected chi connectivity index (χ0v) is 12.6. The lowest BCUT2D eigenvalue weighted by Crippen LogP contribution is -2.42. The smallest absolute Gasteiger partial charge is 0.315 e. The number of urea groups is 1. The molecule has 0 aromatic heterocycles. The molecule has 0 saturated carbocycles. The zero-order chi connectivity index (χ0) is 13.9. The van der Waals surface area contributed by atoms with Gasteiger partial charge in [-0.3, -0.25) is 0 Å². The highest BCUT2D eigenvalue weighted by atomic mass is 79.9. The van der Waals surface area contributed by atoms with Crippen LogP contribution in [0.25, 0.3) is 0 Å². The molecule has 1 unspecified atom stereocenters. The van der Waals surface area contributed by atoms with Gasteiger partial charge in [-0.05, 0) is 24.1 Å². The average Bonchev–Trinajstić information content (AvgIpc) is 2.66. The Kier molecular flexibility index (Phi) is 4.46. The number of rotatable bonds is 3. The van der Waals surface area contributed by atoms with Crippen molar-refractivity contribution >= 4 is 31.8 Å². The van der Waals surface area contributed by atoms with E-state index >= 15 is 0 Å². The van der Waals surface area contributed by atoms with Gasteiger partial charge in [0.25, 0.3) is 0 Å². The first-order valence-electron chi connectivity index (χ1n) is 5.94. The summed E-state index contributed by atoms with van der Waals surface area (Å²) in [6.45, 7) is 0.407. The third-order valence-corrected chi connectivity index (χ3v) is 5.17. The second-order valence-corrected chi connectivity index (χ2v) is 7.70. The van der Waals surface area contributed by atoms with Gasteiger partial charge < -0.3 is 10.6 Å². The van der Waals surface area contributed by atoms with Gasteiger partial charge >= 0.3 is 6.03 Å². The molecule has 5 nitrogen and oxygen atoms in total. The second kappa shape index (κ2) is 5.92. The van der Waals surface area contributed by atoms with Crippen molar-refractivity contribution in [1.82, 2.24) is 10.6 Å². The van der Waals surface area contributed by atoms with E-state index in [9.17, 15) is 13.2 Å². The number of benzene rings is 1. The van der Waals surface area contributed by atoms with Crippen LogP contribution in [0.15, 0.2) is 28.7 Å². The van der Waals surface area contributed by atoms with Crippen LogP contribution in [-0.4, -0.2) is 32.0 Å². The molecule has 1 aliphatic rings. The molecule has 1 aromatic rings. The lowest BCUT2D eigenvalue weighted by atomic mass is 10.2. The Bertz CT molecular complexity index is 574. The molecule has 0 bridgehead atoms. The summed E-state index contributed by atoms with van der Waals surface area (Å²) >= 11 is 3.36. The number of hydrogen-bond acceptors (Lipinski definition) is 3. The Morgan fingerprint density at radius 2 is 2.21 bits per heavy atom. The van der Waals surface area contributed by atoms with E-state index in [0.29, 0.717) is 13.0 Å². The van der Waals surface area contributed by atoms with Crippen LogP contribution in [0.4, 0.5) is 4.79 Å². The molecule has 19 heavy (non-hydrogen) atoms. The fourth-order valence-corrected chi connectivity index (χ4v) is 4.09. The van der Waals surface area contributed by atoms with Gasteiger partial charge in [-0.15, -0.1) is 0 Å². The molecule has 1 aromatic carbocycles. The van der Waals surface area contributed by atoms with Gasteiger partial charge in [-0.25, -0.2) is 13.2 Å². The highest BCUT2D eigenvalue weighted by molar-refractivity contribution is 9.10. The van der Waals surface area contributed by atoms with Crippen LogP contribution in [0.1, 0.15) is 12.0 Å². The minimum absolute atomic E-state index is 0.0390. The van der Waals surface area contributed by atoms with E-state index < -0.39 is 9.84 Å². The van der Waals surface area contributed by atoms with E-state index in [0.717, 1.165) is 10.0 Å². The lowest BCUT2D eigenvalue weighted by Gasteiger charge is -2.12. The van der Waals surface area contributed by atoms with Crippen molar-refractivity contribution in [2.45, 2.75) is 19.0 Å². The number of amides is 2. The Morgan fingerprint density at radius 1 is 1.42 bits per heavy atom. The van der Waals surface area contributed by atoms with E-state index in [-0.39, 0.29) is 23.6 Å². The number of hydrogen-bond donors (Lipinski definition) is 2. The van der Waals surface area contributed by atoms with Crippen molar-refractivity contribution in [2.75, 3.05) is 11.5 Å².